The Kier molecular flexibility index (Phi) is 8.13. The van der Waals surface area contributed by atoms with Crippen LogP contribution in [0, 0.1) is 22.9 Å². The van der Waals surface area contributed by atoms with Crippen molar-refractivity contribution in [1.82, 2.24) is 9.80 Å². The number of benzene rings is 2. The molecule has 0 aliphatic heterocycles. The molecule has 34 heavy (non-hydrogen) atoms. The molecule has 9 heteroatoms. The molecule has 0 N–H and O–H groups in total. The van der Waals surface area contributed by atoms with E-state index in [2.05, 4.69) is 0 Å². The molecule has 0 radical (unpaired) electrons. The standard InChI is InChI=1S/C25H26FN3O5/c1-3-12-27(25(31)20-9-6-18(2)23(14-20)29(32)33)17-24(30)28(16-22-5-4-13-34-22)15-19-7-10-21(26)11-8-19/h4-11,13-14H,3,12,15-17H2,1-2H3. The maximum absolute atomic E-state index is 13.3. The fourth-order valence-corrected chi connectivity index (χ4v) is 3.54. The first-order valence-electron chi connectivity index (χ1n) is 10.9. The molecule has 0 atom stereocenters. The molecule has 2 amide bonds. The third-order valence-corrected chi connectivity index (χ3v) is 5.33. The number of amides is 2. The van der Waals surface area contributed by atoms with Crippen molar-refractivity contribution < 1.29 is 23.3 Å². The van der Waals surface area contributed by atoms with Crippen molar-refractivity contribution in [3.8, 4) is 0 Å². The normalized spacial score (nSPS) is 10.7. The number of hydrogen-bond acceptors (Lipinski definition) is 5. The molecule has 3 aromatic rings. The molecule has 0 saturated carbocycles. The monoisotopic (exact) mass is 467 g/mol. The Morgan fingerprint density at radius 1 is 1.06 bits per heavy atom. The zero-order chi connectivity index (χ0) is 24.7. The minimum atomic E-state index is -0.533. The van der Waals surface area contributed by atoms with Crippen LogP contribution in [0.3, 0.4) is 0 Å². The maximum atomic E-state index is 13.3. The van der Waals surface area contributed by atoms with E-state index in [0.29, 0.717) is 24.3 Å². The molecular weight excluding hydrogens is 441 g/mol. The van der Waals surface area contributed by atoms with E-state index in [0.717, 1.165) is 5.56 Å². The van der Waals surface area contributed by atoms with Crippen molar-refractivity contribution in [3.05, 3.63) is 99.2 Å². The van der Waals surface area contributed by atoms with Crippen LogP contribution in [0.25, 0.3) is 0 Å². The van der Waals surface area contributed by atoms with Gasteiger partial charge in [0, 0.05) is 30.3 Å². The zero-order valence-corrected chi connectivity index (χ0v) is 19.1. The van der Waals surface area contributed by atoms with Crippen molar-refractivity contribution in [1.29, 1.82) is 0 Å². The summed E-state index contributed by atoms with van der Waals surface area (Å²) in [5.74, 6) is -0.597. The van der Waals surface area contributed by atoms with E-state index in [1.807, 2.05) is 6.92 Å². The summed E-state index contributed by atoms with van der Waals surface area (Å²) < 4.78 is 18.7. The number of furan rings is 1. The summed E-state index contributed by atoms with van der Waals surface area (Å²) in [6.07, 6.45) is 2.11. The molecule has 178 valence electrons. The minimum Gasteiger partial charge on any atom is -0.467 e. The quantitative estimate of drug-likeness (QED) is 0.318. The van der Waals surface area contributed by atoms with Crippen molar-refractivity contribution >= 4 is 17.5 Å². The first-order valence-corrected chi connectivity index (χ1v) is 10.9. The van der Waals surface area contributed by atoms with Gasteiger partial charge in [-0.25, -0.2) is 4.39 Å². The van der Waals surface area contributed by atoms with Crippen LogP contribution < -0.4 is 0 Å². The van der Waals surface area contributed by atoms with E-state index in [1.54, 1.807) is 31.2 Å². The molecule has 0 spiro atoms. The Hall–Kier alpha value is -4.01. The molecule has 3 rings (SSSR count). The van der Waals surface area contributed by atoms with E-state index >= 15 is 0 Å². The Morgan fingerprint density at radius 3 is 2.41 bits per heavy atom. The highest BCUT2D eigenvalue weighted by Gasteiger charge is 2.24. The number of carbonyl (C=O) groups excluding carboxylic acids is 2. The number of nitro benzene ring substituents is 1. The Balaban J connectivity index is 1.82. The van der Waals surface area contributed by atoms with Gasteiger partial charge in [0.15, 0.2) is 0 Å². The van der Waals surface area contributed by atoms with Gasteiger partial charge < -0.3 is 14.2 Å². The van der Waals surface area contributed by atoms with Crippen molar-refractivity contribution in [2.45, 2.75) is 33.4 Å². The first kappa shape index (κ1) is 24.6. The lowest BCUT2D eigenvalue weighted by Crippen LogP contribution is -2.42. The van der Waals surface area contributed by atoms with E-state index < -0.39 is 10.8 Å². The Bertz CT molecular complexity index is 1150. The van der Waals surface area contributed by atoms with Gasteiger partial charge in [-0.05, 0) is 49.2 Å². The van der Waals surface area contributed by atoms with Crippen LogP contribution in [-0.4, -0.2) is 39.6 Å². The average molecular weight is 467 g/mol. The van der Waals surface area contributed by atoms with Crippen LogP contribution in [0.15, 0.2) is 65.3 Å². The highest BCUT2D eigenvalue weighted by Crippen LogP contribution is 2.21. The van der Waals surface area contributed by atoms with Crippen LogP contribution in [0.2, 0.25) is 0 Å². The Morgan fingerprint density at radius 2 is 1.79 bits per heavy atom. The fraction of sp³-hybridized carbons (Fsp3) is 0.280. The molecule has 0 saturated heterocycles. The lowest BCUT2D eigenvalue weighted by atomic mass is 10.1. The predicted molar refractivity (Wildman–Crippen MR) is 123 cm³/mol. The molecule has 2 aromatic carbocycles. The summed E-state index contributed by atoms with van der Waals surface area (Å²) in [7, 11) is 0. The lowest BCUT2D eigenvalue weighted by molar-refractivity contribution is -0.385. The number of hydrogen-bond donors (Lipinski definition) is 0. The van der Waals surface area contributed by atoms with Gasteiger partial charge in [-0.3, -0.25) is 19.7 Å². The Labute approximate surface area is 196 Å². The third kappa shape index (κ3) is 6.28. The van der Waals surface area contributed by atoms with E-state index in [-0.39, 0.29) is 42.6 Å². The van der Waals surface area contributed by atoms with Crippen LogP contribution in [-0.2, 0) is 17.9 Å². The van der Waals surface area contributed by atoms with Crippen LogP contribution in [0.1, 0.15) is 40.6 Å². The number of carbonyl (C=O) groups is 2. The van der Waals surface area contributed by atoms with Gasteiger partial charge in [-0.15, -0.1) is 0 Å². The molecular formula is C25H26FN3O5. The predicted octanol–water partition coefficient (Wildman–Crippen LogP) is 4.72. The van der Waals surface area contributed by atoms with Crippen molar-refractivity contribution in [2.24, 2.45) is 0 Å². The first-order chi connectivity index (χ1) is 16.3. The SMILES string of the molecule is CCCN(CC(=O)N(Cc1ccc(F)cc1)Cc1ccco1)C(=O)c1ccc(C)c([N+](=O)[O-])c1. The molecule has 8 nitrogen and oxygen atoms in total. The van der Waals surface area contributed by atoms with Crippen LogP contribution >= 0.6 is 0 Å². The van der Waals surface area contributed by atoms with E-state index in [1.165, 1.54) is 46.4 Å². The van der Waals surface area contributed by atoms with Gasteiger partial charge in [0.1, 0.15) is 18.1 Å². The second-order valence-electron chi connectivity index (χ2n) is 7.94. The summed E-state index contributed by atoms with van der Waals surface area (Å²) in [5, 5.41) is 11.3. The molecule has 0 aliphatic carbocycles. The van der Waals surface area contributed by atoms with Gasteiger partial charge >= 0.3 is 0 Å². The third-order valence-electron chi connectivity index (χ3n) is 5.33. The molecule has 1 heterocycles. The summed E-state index contributed by atoms with van der Waals surface area (Å²) in [4.78, 5) is 40.1. The zero-order valence-electron chi connectivity index (χ0n) is 19.1. The van der Waals surface area contributed by atoms with Gasteiger partial charge in [0.05, 0.1) is 17.7 Å². The number of halogens is 1. The number of aryl methyl sites for hydroxylation is 1. The maximum Gasteiger partial charge on any atom is 0.273 e. The molecule has 0 fully saturated rings. The highest BCUT2D eigenvalue weighted by atomic mass is 19.1. The topological polar surface area (TPSA) is 96.9 Å². The summed E-state index contributed by atoms with van der Waals surface area (Å²) in [5.41, 5.74) is 1.17. The van der Waals surface area contributed by atoms with Gasteiger partial charge in [-0.1, -0.05) is 25.1 Å². The van der Waals surface area contributed by atoms with E-state index in [4.69, 9.17) is 4.42 Å². The number of nitro groups is 1. The fourth-order valence-electron chi connectivity index (χ4n) is 3.54. The summed E-state index contributed by atoms with van der Waals surface area (Å²) in [6.45, 7) is 3.94. The van der Waals surface area contributed by atoms with E-state index in [9.17, 15) is 24.1 Å². The van der Waals surface area contributed by atoms with Crippen molar-refractivity contribution in [2.75, 3.05) is 13.1 Å². The van der Waals surface area contributed by atoms with Crippen LogP contribution in [0.4, 0.5) is 10.1 Å². The smallest absolute Gasteiger partial charge is 0.273 e. The summed E-state index contributed by atoms with van der Waals surface area (Å²) >= 11 is 0. The van der Waals surface area contributed by atoms with Gasteiger partial charge in [0.2, 0.25) is 5.91 Å². The average Bonchev–Trinajstić information content (AvgIpc) is 3.32. The number of nitrogens with zero attached hydrogens (tertiary/aromatic N) is 3. The minimum absolute atomic E-state index is 0.148. The largest absolute Gasteiger partial charge is 0.467 e. The van der Waals surface area contributed by atoms with Gasteiger partial charge in [0.25, 0.3) is 11.6 Å². The molecule has 1 aromatic heterocycles. The molecule has 0 unspecified atom stereocenters. The second kappa shape index (κ2) is 11.2. The summed E-state index contributed by atoms with van der Waals surface area (Å²) in [6, 6.07) is 13.6. The molecule has 0 bridgehead atoms. The lowest BCUT2D eigenvalue weighted by Gasteiger charge is -2.27. The highest BCUT2D eigenvalue weighted by molar-refractivity contribution is 5.97. The van der Waals surface area contributed by atoms with Crippen LogP contribution in [0.5, 0.6) is 0 Å². The van der Waals surface area contributed by atoms with Crippen molar-refractivity contribution in [3.63, 3.8) is 0 Å². The molecule has 0 aliphatic rings. The van der Waals surface area contributed by atoms with Gasteiger partial charge in [-0.2, -0.15) is 0 Å². The second-order valence-corrected chi connectivity index (χ2v) is 7.94. The number of rotatable bonds is 10.